The number of fused-ring (bicyclic) bond motifs is 1. The summed E-state index contributed by atoms with van der Waals surface area (Å²) < 4.78 is 33.2. The van der Waals surface area contributed by atoms with Gasteiger partial charge in [-0.15, -0.1) is 0 Å². The number of ether oxygens (including phenoxy) is 2. The topological polar surface area (TPSA) is 139 Å². The summed E-state index contributed by atoms with van der Waals surface area (Å²) in [6.07, 6.45) is -0.207. The van der Waals surface area contributed by atoms with Crippen molar-refractivity contribution in [2.45, 2.75) is 13.0 Å². The first-order valence-electron chi connectivity index (χ1n) is 9.59. The van der Waals surface area contributed by atoms with Crippen molar-refractivity contribution in [3.63, 3.8) is 0 Å². The molecule has 0 bridgehead atoms. The van der Waals surface area contributed by atoms with Gasteiger partial charge in [0.05, 0.1) is 11.9 Å². The number of para-hydroxylation sites is 1. The summed E-state index contributed by atoms with van der Waals surface area (Å²) >= 11 is 0. The molecule has 2 aromatic carbocycles. The Balaban J connectivity index is 1.37. The second-order valence-electron chi connectivity index (χ2n) is 6.56. The molecule has 1 heterocycles. The fourth-order valence-electron chi connectivity index (χ4n) is 2.74. The normalized spacial score (nSPS) is 10.6. The van der Waals surface area contributed by atoms with Gasteiger partial charge in [0.1, 0.15) is 5.75 Å². The molecule has 0 aliphatic heterocycles. The highest BCUT2D eigenvalue weighted by atomic mass is 19.3. The number of carbonyl (C=O) groups is 4. The van der Waals surface area contributed by atoms with Gasteiger partial charge in [-0.2, -0.15) is 13.9 Å². The molecule has 0 saturated carbocycles. The van der Waals surface area contributed by atoms with E-state index in [2.05, 4.69) is 20.3 Å². The van der Waals surface area contributed by atoms with Crippen LogP contribution in [0.5, 0.6) is 5.75 Å². The van der Waals surface area contributed by atoms with E-state index in [9.17, 15) is 28.0 Å². The molecule has 0 unspecified atom stereocenters. The predicted octanol–water partition coefficient (Wildman–Crippen LogP) is 1.78. The van der Waals surface area contributed by atoms with E-state index in [4.69, 9.17) is 4.74 Å². The van der Waals surface area contributed by atoms with Gasteiger partial charge in [-0.05, 0) is 30.3 Å². The molecule has 1 aromatic heterocycles. The maximum atomic E-state index is 12.2. The second kappa shape index (κ2) is 10.8. The van der Waals surface area contributed by atoms with E-state index >= 15 is 0 Å². The van der Waals surface area contributed by atoms with Crippen molar-refractivity contribution in [1.82, 2.24) is 20.8 Å². The second-order valence-corrected chi connectivity index (χ2v) is 6.56. The molecular formula is C21H18F2N4O6. The minimum Gasteiger partial charge on any atom is -0.456 e. The monoisotopic (exact) mass is 460 g/mol. The minimum atomic E-state index is -3.00. The first kappa shape index (κ1) is 23.3. The lowest BCUT2D eigenvalue weighted by atomic mass is 10.2. The van der Waals surface area contributed by atoms with Crippen LogP contribution in [0.3, 0.4) is 0 Å². The van der Waals surface area contributed by atoms with Crippen LogP contribution in [-0.4, -0.2) is 53.7 Å². The van der Waals surface area contributed by atoms with Crippen LogP contribution in [0.25, 0.3) is 10.9 Å². The number of benzene rings is 2. The summed E-state index contributed by atoms with van der Waals surface area (Å²) in [4.78, 5) is 47.7. The van der Waals surface area contributed by atoms with Gasteiger partial charge in [-0.1, -0.05) is 18.2 Å². The lowest BCUT2D eigenvalue weighted by Crippen LogP contribution is -2.34. The zero-order valence-electron chi connectivity index (χ0n) is 17.0. The van der Waals surface area contributed by atoms with Crippen molar-refractivity contribution in [3.05, 3.63) is 59.8 Å². The van der Waals surface area contributed by atoms with Crippen molar-refractivity contribution >= 4 is 34.6 Å². The van der Waals surface area contributed by atoms with E-state index in [0.717, 1.165) is 12.1 Å². The molecule has 0 aliphatic rings. The maximum Gasteiger partial charge on any atom is 0.387 e. The Morgan fingerprint density at radius 2 is 1.73 bits per heavy atom. The van der Waals surface area contributed by atoms with Crippen LogP contribution in [0.4, 0.5) is 8.78 Å². The number of rotatable bonds is 9. The third-order valence-corrected chi connectivity index (χ3v) is 4.26. The molecule has 3 amide bonds. The number of nitrogens with zero attached hydrogens (tertiary/aromatic N) is 1. The van der Waals surface area contributed by atoms with Crippen molar-refractivity contribution in [1.29, 1.82) is 0 Å². The highest BCUT2D eigenvalue weighted by Crippen LogP contribution is 2.15. The fourth-order valence-corrected chi connectivity index (χ4v) is 2.74. The predicted molar refractivity (Wildman–Crippen MR) is 110 cm³/mol. The summed E-state index contributed by atoms with van der Waals surface area (Å²) in [7, 11) is 0. The van der Waals surface area contributed by atoms with Crippen LogP contribution >= 0.6 is 0 Å². The van der Waals surface area contributed by atoms with Crippen LogP contribution < -0.4 is 15.4 Å². The Morgan fingerprint density at radius 3 is 2.45 bits per heavy atom. The van der Waals surface area contributed by atoms with Crippen LogP contribution in [0.2, 0.25) is 0 Å². The molecule has 10 nitrogen and oxygen atoms in total. The Kier molecular flexibility index (Phi) is 7.63. The lowest BCUT2D eigenvalue weighted by molar-refractivity contribution is -0.148. The average Bonchev–Trinajstić information content (AvgIpc) is 3.22. The number of hydrogen-bond acceptors (Lipinski definition) is 7. The number of hydrogen-bond donors (Lipinski definition) is 3. The van der Waals surface area contributed by atoms with Gasteiger partial charge in [0.2, 0.25) is 0 Å². The fraction of sp³-hybridized carbons (Fsp3) is 0.190. The summed E-state index contributed by atoms with van der Waals surface area (Å²) in [6, 6.07) is 11.7. The standard InChI is InChI=1S/C21H18F2N4O6/c22-21(23)33-13-7-5-12(6-8-13)19(30)25-16(28)11-32-17(29)9-10-24-20(31)18-14-3-1-2-4-15(14)26-27-18/h1-8,21H,9-11H2,(H,24,31)(H,26,27)(H,25,28,30). The number of amides is 3. The van der Waals surface area contributed by atoms with Crippen LogP contribution in [-0.2, 0) is 14.3 Å². The molecule has 0 fully saturated rings. The van der Waals surface area contributed by atoms with Crippen molar-refractivity contribution in [2.75, 3.05) is 13.2 Å². The van der Waals surface area contributed by atoms with Crippen molar-refractivity contribution in [2.24, 2.45) is 0 Å². The molecule has 3 rings (SSSR count). The van der Waals surface area contributed by atoms with Gasteiger partial charge in [-0.3, -0.25) is 29.6 Å². The van der Waals surface area contributed by atoms with E-state index < -0.39 is 36.9 Å². The first-order chi connectivity index (χ1) is 15.8. The van der Waals surface area contributed by atoms with E-state index in [1.165, 1.54) is 12.1 Å². The molecule has 0 radical (unpaired) electrons. The summed E-state index contributed by atoms with van der Waals surface area (Å²) in [5, 5.41) is 11.8. The highest BCUT2D eigenvalue weighted by Gasteiger charge is 2.16. The number of imide groups is 1. The number of nitrogens with one attached hydrogen (secondary N) is 3. The summed E-state index contributed by atoms with van der Waals surface area (Å²) in [6.45, 7) is -3.76. The zero-order valence-corrected chi connectivity index (χ0v) is 17.0. The van der Waals surface area contributed by atoms with Crippen molar-refractivity contribution in [3.8, 4) is 5.75 Å². The van der Waals surface area contributed by atoms with Gasteiger partial charge in [0.15, 0.2) is 12.3 Å². The van der Waals surface area contributed by atoms with Crippen LogP contribution in [0, 0.1) is 0 Å². The molecule has 0 aliphatic carbocycles. The molecule has 3 N–H and O–H groups in total. The molecule has 0 atom stereocenters. The number of esters is 1. The average molecular weight is 460 g/mol. The Labute approximate surface area is 185 Å². The molecule has 12 heteroatoms. The maximum absolute atomic E-state index is 12.2. The third-order valence-electron chi connectivity index (χ3n) is 4.26. The number of H-pyrrole nitrogens is 1. The number of aromatic amines is 1. The van der Waals surface area contributed by atoms with Gasteiger partial charge >= 0.3 is 12.6 Å². The van der Waals surface area contributed by atoms with Crippen LogP contribution in [0.1, 0.15) is 27.3 Å². The van der Waals surface area contributed by atoms with Gasteiger partial charge < -0.3 is 14.8 Å². The Hall–Kier alpha value is -4.35. The van der Waals surface area contributed by atoms with Crippen LogP contribution in [0.15, 0.2) is 48.5 Å². The number of alkyl halides is 2. The van der Waals surface area contributed by atoms with E-state index in [1.807, 2.05) is 5.32 Å². The molecular weight excluding hydrogens is 442 g/mol. The smallest absolute Gasteiger partial charge is 0.387 e. The molecule has 0 saturated heterocycles. The number of aromatic nitrogens is 2. The van der Waals surface area contributed by atoms with Gasteiger partial charge in [0.25, 0.3) is 17.7 Å². The largest absolute Gasteiger partial charge is 0.456 e. The molecule has 33 heavy (non-hydrogen) atoms. The van der Waals surface area contributed by atoms with E-state index in [1.54, 1.807) is 24.3 Å². The Morgan fingerprint density at radius 1 is 1.00 bits per heavy atom. The summed E-state index contributed by atoms with van der Waals surface area (Å²) in [5.74, 6) is -3.08. The highest BCUT2D eigenvalue weighted by molar-refractivity contribution is 6.05. The van der Waals surface area contributed by atoms with E-state index in [0.29, 0.717) is 10.9 Å². The van der Waals surface area contributed by atoms with E-state index in [-0.39, 0.29) is 30.0 Å². The summed E-state index contributed by atoms with van der Waals surface area (Å²) in [5.41, 5.74) is 0.899. The number of halogens is 2. The molecule has 172 valence electrons. The minimum absolute atomic E-state index is 0.0184. The SMILES string of the molecule is O=C(COC(=O)CCNC(=O)c1n[nH]c2ccccc12)NC(=O)c1ccc(OC(F)F)cc1. The zero-order chi connectivity index (χ0) is 23.8. The van der Waals surface area contributed by atoms with Gasteiger partial charge in [0, 0.05) is 17.5 Å². The molecule has 0 spiro atoms. The molecule has 3 aromatic rings. The first-order valence-corrected chi connectivity index (χ1v) is 9.59. The van der Waals surface area contributed by atoms with Gasteiger partial charge in [-0.25, -0.2) is 0 Å². The number of carbonyl (C=O) groups excluding carboxylic acids is 4. The lowest BCUT2D eigenvalue weighted by Gasteiger charge is -2.07. The quantitative estimate of drug-likeness (QED) is 0.414. The third kappa shape index (κ3) is 6.56. The Bertz CT molecular complexity index is 1160. The van der Waals surface area contributed by atoms with Crippen molar-refractivity contribution < 1.29 is 37.4 Å².